The molecule has 0 saturated carbocycles. The summed E-state index contributed by atoms with van der Waals surface area (Å²) < 4.78 is 0.997. The third kappa shape index (κ3) is 4.92. The number of benzene rings is 2. The first kappa shape index (κ1) is 16.7. The van der Waals surface area contributed by atoms with E-state index < -0.39 is 0 Å². The van der Waals surface area contributed by atoms with E-state index >= 15 is 0 Å². The van der Waals surface area contributed by atoms with Crippen molar-refractivity contribution < 1.29 is 4.79 Å². The highest BCUT2D eigenvalue weighted by molar-refractivity contribution is 9.10. The van der Waals surface area contributed by atoms with Gasteiger partial charge in [0.1, 0.15) is 0 Å². The molecule has 110 valence electrons. The van der Waals surface area contributed by atoms with Gasteiger partial charge in [-0.05, 0) is 42.8 Å². The molecule has 0 aliphatic heterocycles. The molecule has 0 unspecified atom stereocenters. The zero-order valence-corrected chi connectivity index (χ0v) is 15.0. The second-order valence-electron chi connectivity index (χ2n) is 4.37. The highest BCUT2D eigenvalue weighted by Crippen LogP contribution is 2.28. The van der Waals surface area contributed by atoms with Crippen LogP contribution in [0.3, 0.4) is 0 Å². The van der Waals surface area contributed by atoms with E-state index in [9.17, 15) is 4.79 Å². The van der Waals surface area contributed by atoms with Crippen LogP contribution < -0.4 is 5.32 Å². The molecule has 0 bridgehead atoms. The smallest absolute Gasteiger partial charge is 0.234 e. The third-order valence-electron chi connectivity index (χ3n) is 2.71. The van der Waals surface area contributed by atoms with Crippen molar-refractivity contribution in [2.45, 2.75) is 11.8 Å². The van der Waals surface area contributed by atoms with Crippen LogP contribution >= 0.6 is 50.9 Å². The molecule has 0 heterocycles. The second-order valence-corrected chi connectivity index (χ2v) is 7.15. The van der Waals surface area contributed by atoms with Crippen molar-refractivity contribution in [2.24, 2.45) is 0 Å². The second kappa shape index (κ2) is 7.54. The molecule has 2 aromatic rings. The fourth-order valence-electron chi connectivity index (χ4n) is 1.65. The summed E-state index contributed by atoms with van der Waals surface area (Å²) in [5, 5.41) is 3.75. The summed E-state index contributed by atoms with van der Waals surface area (Å²) in [5.41, 5.74) is 1.71. The van der Waals surface area contributed by atoms with Crippen molar-refractivity contribution in [2.75, 3.05) is 11.1 Å². The maximum atomic E-state index is 12.0. The molecule has 2 nitrogen and oxygen atoms in total. The molecule has 1 amide bonds. The summed E-state index contributed by atoms with van der Waals surface area (Å²) in [6.07, 6.45) is 0. The summed E-state index contributed by atoms with van der Waals surface area (Å²) >= 11 is 16.8. The van der Waals surface area contributed by atoms with Crippen LogP contribution in [-0.4, -0.2) is 11.7 Å². The van der Waals surface area contributed by atoms with Crippen molar-refractivity contribution in [3.8, 4) is 0 Å². The maximum Gasteiger partial charge on any atom is 0.234 e. The van der Waals surface area contributed by atoms with Gasteiger partial charge in [0.05, 0.1) is 16.5 Å². The number of aryl methyl sites for hydroxylation is 1. The Labute approximate surface area is 146 Å². The highest BCUT2D eigenvalue weighted by Gasteiger charge is 2.08. The first-order valence-electron chi connectivity index (χ1n) is 6.09. The number of hydrogen-bond donors (Lipinski definition) is 1. The minimum Gasteiger partial charge on any atom is -0.324 e. The van der Waals surface area contributed by atoms with Crippen LogP contribution in [0.15, 0.2) is 45.8 Å². The molecule has 1 N–H and O–H groups in total. The number of rotatable bonds is 4. The van der Waals surface area contributed by atoms with E-state index in [4.69, 9.17) is 23.2 Å². The molecule has 0 radical (unpaired) electrons. The Morgan fingerprint density at radius 3 is 2.71 bits per heavy atom. The normalized spacial score (nSPS) is 10.5. The van der Waals surface area contributed by atoms with Gasteiger partial charge < -0.3 is 5.32 Å². The van der Waals surface area contributed by atoms with Crippen LogP contribution in [0.4, 0.5) is 5.69 Å². The Kier molecular flexibility index (Phi) is 5.99. The Hall–Kier alpha value is -0.680. The molecule has 0 fully saturated rings. The number of halogens is 3. The molecule has 2 rings (SSSR count). The molecule has 0 spiro atoms. The van der Waals surface area contributed by atoms with E-state index in [0.29, 0.717) is 21.5 Å². The molecule has 0 aliphatic rings. The lowest BCUT2D eigenvalue weighted by Gasteiger charge is -2.09. The Bertz CT molecular complexity index is 679. The first-order chi connectivity index (χ1) is 9.95. The number of thioether (sulfide) groups is 1. The van der Waals surface area contributed by atoms with Crippen molar-refractivity contribution in [3.63, 3.8) is 0 Å². The van der Waals surface area contributed by atoms with Gasteiger partial charge in [0.2, 0.25) is 5.91 Å². The molecule has 6 heteroatoms. The van der Waals surface area contributed by atoms with Gasteiger partial charge in [-0.2, -0.15) is 0 Å². The Morgan fingerprint density at radius 1 is 1.24 bits per heavy atom. The van der Waals surface area contributed by atoms with Gasteiger partial charge in [-0.25, -0.2) is 0 Å². The fourth-order valence-corrected chi connectivity index (χ4v) is 3.48. The fraction of sp³-hybridized carbons (Fsp3) is 0.133. The molecular formula is C15H12BrCl2NOS. The van der Waals surface area contributed by atoms with E-state index in [2.05, 4.69) is 21.2 Å². The quantitative estimate of drug-likeness (QED) is 0.652. The number of hydrogen-bond acceptors (Lipinski definition) is 2. The first-order valence-corrected chi connectivity index (χ1v) is 8.63. The van der Waals surface area contributed by atoms with E-state index in [-0.39, 0.29) is 5.91 Å². The van der Waals surface area contributed by atoms with Gasteiger partial charge in [0.15, 0.2) is 0 Å². The molecule has 0 aromatic heterocycles. The van der Waals surface area contributed by atoms with E-state index in [1.165, 1.54) is 11.8 Å². The van der Waals surface area contributed by atoms with Crippen molar-refractivity contribution in [1.29, 1.82) is 0 Å². The molecule has 0 saturated heterocycles. The summed E-state index contributed by atoms with van der Waals surface area (Å²) in [7, 11) is 0. The summed E-state index contributed by atoms with van der Waals surface area (Å²) in [6, 6.07) is 11.0. The standard InChI is InChI=1S/C15H12BrCl2NOS/c1-9-2-3-10(16)6-14(9)21-8-15(20)19-13-5-4-11(17)7-12(13)18/h2-7H,8H2,1H3,(H,19,20). The number of carbonyl (C=O) groups is 1. The lowest BCUT2D eigenvalue weighted by Crippen LogP contribution is -2.14. The van der Waals surface area contributed by atoms with Crippen LogP contribution in [0.25, 0.3) is 0 Å². The molecule has 2 aromatic carbocycles. The van der Waals surface area contributed by atoms with E-state index in [1.54, 1.807) is 18.2 Å². The van der Waals surface area contributed by atoms with Crippen molar-refractivity contribution in [1.82, 2.24) is 0 Å². The van der Waals surface area contributed by atoms with Gasteiger partial charge in [-0.3, -0.25) is 4.79 Å². The zero-order valence-electron chi connectivity index (χ0n) is 11.1. The number of amides is 1. The van der Waals surface area contributed by atoms with Crippen LogP contribution in [0.5, 0.6) is 0 Å². The lowest BCUT2D eigenvalue weighted by molar-refractivity contribution is -0.113. The predicted octanol–water partition coefficient (Wildman–Crippen LogP) is 5.80. The Balaban J connectivity index is 1.97. The van der Waals surface area contributed by atoms with Crippen LogP contribution in [0.2, 0.25) is 10.0 Å². The Morgan fingerprint density at radius 2 is 2.00 bits per heavy atom. The van der Waals surface area contributed by atoms with Gasteiger partial charge in [0.25, 0.3) is 0 Å². The zero-order chi connectivity index (χ0) is 15.4. The average Bonchev–Trinajstić information content (AvgIpc) is 2.43. The third-order valence-corrected chi connectivity index (χ3v) is 4.91. The van der Waals surface area contributed by atoms with Gasteiger partial charge in [-0.15, -0.1) is 11.8 Å². The highest BCUT2D eigenvalue weighted by atomic mass is 79.9. The minimum atomic E-state index is -0.108. The molecular weight excluding hydrogens is 393 g/mol. The SMILES string of the molecule is Cc1ccc(Br)cc1SCC(=O)Nc1ccc(Cl)cc1Cl. The number of nitrogens with one attached hydrogen (secondary N) is 1. The summed E-state index contributed by atoms with van der Waals surface area (Å²) in [4.78, 5) is 13.1. The van der Waals surface area contributed by atoms with E-state index in [0.717, 1.165) is 14.9 Å². The number of anilines is 1. The number of carbonyl (C=O) groups excluding carboxylic acids is 1. The molecule has 21 heavy (non-hydrogen) atoms. The minimum absolute atomic E-state index is 0.108. The van der Waals surface area contributed by atoms with Gasteiger partial charge >= 0.3 is 0 Å². The van der Waals surface area contributed by atoms with Crippen molar-refractivity contribution in [3.05, 3.63) is 56.5 Å². The largest absolute Gasteiger partial charge is 0.324 e. The predicted molar refractivity (Wildman–Crippen MR) is 94.7 cm³/mol. The average molecular weight is 405 g/mol. The topological polar surface area (TPSA) is 29.1 Å². The summed E-state index contributed by atoms with van der Waals surface area (Å²) in [5.74, 6) is 0.208. The van der Waals surface area contributed by atoms with Gasteiger partial charge in [0, 0.05) is 14.4 Å². The van der Waals surface area contributed by atoms with Crippen LogP contribution in [0, 0.1) is 6.92 Å². The summed E-state index contributed by atoms with van der Waals surface area (Å²) in [6.45, 7) is 2.02. The monoisotopic (exact) mass is 403 g/mol. The maximum absolute atomic E-state index is 12.0. The lowest BCUT2D eigenvalue weighted by atomic mass is 10.2. The molecule has 0 aliphatic carbocycles. The van der Waals surface area contributed by atoms with Gasteiger partial charge in [-0.1, -0.05) is 45.2 Å². The van der Waals surface area contributed by atoms with Crippen molar-refractivity contribution >= 4 is 62.5 Å². The van der Waals surface area contributed by atoms with Crippen LogP contribution in [0.1, 0.15) is 5.56 Å². The molecule has 0 atom stereocenters. The van der Waals surface area contributed by atoms with E-state index in [1.807, 2.05) is 25.1 Å². The van der Waals surface area contributed by atoms with Crippen LogP contribution in [-0.2, 0) is 4.79 Å².